The zero-order valence-electron chi connectivity index (χ0n) is 11.4. The highest BCUT2D eigenvalue weighted by Crippen LogP contribution is 2.57. The number of amides is 1. The van der Waals surface area contributed by atoms with Gasteiger partial charge in [-0.15, -0.1) is 0 Å². The maximum absolute atomic E-state index is 12.5. The highest BCUT2D eigenvalue weighted by molar-refractivity contribution is 6.00. The second-order valence-electron chi connectivity index (χ2n) is 6.50. The Balaban J connectivity index is 1.83. The van der Waals surface area contributed by atoms with E-state index in [9.17, 15) is 4.79 Å². The monoisotopic (exact) mass is 266 g/mol. The Kier molecular flexibility index (Phi) is 1.96. The van der Waals surface area contributed by atoms with Crippen LogP contribution in [0.15, 0.2) is 35.9 Å². The van der Waals surface area contributed by atoms with Gasteiger partial charge in [-0.3, -0.25) is 4.79 Å². The minimum absolute atomic E-state index is 0.136. The van der Waals surface area contributed by atoms with Crippen molar-refractivity contribution in [3.05, 3.63) is 41.5 Å². The summed E-state index contributed by atoms with van der Waals surface area (Å²) in [5.74, 6) is 0.309. The largest absolute Gasteiger partial charge is 0.313 e. The summed E-state index contributed by atoms with van der Waals surface area (Å²) in [4.78, 5) is 14.6. The average Bonchev–Trinajstić information content (AvgIpc) is 3.04. The van der Waals surface area contributed by atoms with Crippen LogP contribution in [-0.4, -0.2) is 24.5 Å². The van der Waals surface area contributed by atoms with Crippen molar-refractivity contribution in [2.45, 2.75) is 43.2 Å². The number of hydrogen-bond donors (Lipinski definition) is 1. The number of carbonyl (C=O) groups excluding carboxylic acids is 1. The standard InChI is InChI=1S/C17H18N2O/c20-15-8-6-11-5-7-14-17(9-10-18-14)12-3-1-2-4-13(12)19(15)16(11)17/h1-5,14,16,18H,6-10H2/t14-,16-,17+/m0/s1. The molecule has 1 aromatic carbocycles. The van der Waals surface area contributed by atoms with Crippen molar-refractivity contribution in [3.63, 3.8) is 0 Å². The van der Waals surface area contributed by atoms with E-state index >= 15 is 0 Å². The van der Waals surface area contributed by atoms with Gasteiger partial charge < -0.3 is 10.2 Å². The Labute approximate surface area is 118 Å². The molecule has 1 aromatic rings. The second-order valence-corrected chi connectivity index (χ2v) is 6.50. The first kappa shape index (κ1) is 11.1. The molecule has 5 rings (SSSR count). The third-order valence-corrected chi connectivity index (χ3v) is 5.83. The Morgan fingerprint density at radius 3 is 3.10 bits per heavy atom. The zero-order chi connectivity index (χ0) is 13.3. The third-order valence-electron chi connectivity index (χ3n) is 5.83. The van der Waals surface area contributed by atoms with Gasteiger partial charge in [-0.25, -0.2) is 0 Å². The molecule has 3 atom stereocenters. The minimum atomic E-state index is 0.136. The van der Waals surface area contributed by atoms with Gasteiger partial charge in [0.15, 0.2) is 0 Å². The number of fused-ring (bicyclic) bond motifs is 2. The number of hydrogen-bond acceptors (Lipinski definition) is 2. The van der Waals surface area contributed by atoms with E-state index in [-0.39, 0.29) is 11.5 Å². The van der Waals surface area contributed by atoms with Crippen LogP contribution in [0.4, 0.5) is 5.69 Å². The van der Waals surface area contributed by atoms with Crippen LogP contribution in [0.2, 0.25) is 0 Å². The molecule has 0 radical (unpaired) electrons. The first-order chi connectivity index (χ1) is 9.82. The smallest absolute Gasteiger partial charge is 0.227 e. The summed E-state index contributed by atoms with van der Waals surface area (Å²) >= 11 is 0. The van der Waals surface area contributed by atoms with Gasteiger partial charge in [0, 0.05) is 23.6 Å². The molecule has 1 N–H and O–H groups in total. The molecule has 2 fully saturated rings. The molecule has 20 heavy (non-hydrogen) atoms. The topological polar surface area (TPSA) is 32.3 Å². The molecular formula is C17H18N2O. The maximum atomic E-state index is 12.5. The van der Waals surface area contributed by atoms with Crippen LogP contribution in [-0.2, 0) is 10.2 Å². The van der Waals surface area contributed by atoms with Gasteiger partial charge in [-0.2, -0.15) is 0 Å². The summed E-state index contributed by atoms with van der Waals surface area (Å²) in [6.07, 6.45) is 6.30. The number of nitrogens with zero attached hydrogens (tertiary/aromatic N) is 1. The molecule has 102 valence electrons. The zero-order valence-corrected chi connectivity index (χ0v) is 11.4. The van der Waals surface area contributed by atoms with Crippen molar-refractivity contribution < 1.29 is 4.79 Å². The summed E-state index contributed by atoms with van der Waals surface area (Å²) < 4.78 is 0. The molecule has 0 unspecified atom stereocenters. The van der Waals surface area contributed by atoms with Crippen molar-refractivity contribution in [1.29, 1.82) is 0 Å². The van der Waals surface area contributed by atoms with Crippen LogP contribution in [0.1, 0.15) is 31.2 Å². The fourth-order valence-electron chi connectivity index (χ4n) is 5.11. The van der Waals surface area contributed by atoms with Gasteiger partial charge in [0.2, 0.25) is 5.91 Å². The Hall–Kier alpha value is -1.61. The van der Waals surface area contributed by atoms with Crippen LogP contribution in [0.25, 0.3) is 0 Å². The molecule has 3 aliphatic heterocycles. The molecule has 3 heterocycles. The minimum Gasteiger partial charge on any atom is -0.313 e. The van der Waals surface area contributed by atoms with Crippen LogP contribution in [0.5, 0.6) is 0 Å². The molecule has 0 aromatic heterocycles. The van der Waals surface area contributed by atoms with E-state index < -0.39 is 0 Å². The molecule has 1 amide bonds. The quantitative estimate of drug-likeness (QED) is 0.730. The van der Waals surface area contributed by atoms with Gasteiger partial charge >= 0.3 is 0 Å². The number of nitrogens with one attached hydrogen (secondary N) is 1. The van der Waals surface area contributed by atoms with Crippen LogP contribution < -0.4 is 10.2 Å². The van der Waals surface area contributed by atoms with Gasteiger partial charge in [-0.05, 0) is 43.0 Å². The van der Waals surface area contributed by atoms with E-state index in [0.29, 0.717) is 18.4 Å². The van der Waals surface area contributed by atoms with E-state index in [4.69, 9.17) is 0 Å². The van der Waals surface area contributed by atoms with Crippen molar-refractivity contribution in [2.75, 3.05) is 11.4 Å². The van der Waals surface area contributed by atoms with E-state index in [1.165, 1.54) is 16.8 Å². The van der Waals surface area contributed by atoms with E-state index in [1.54, 1.807) is 0 Å². The van der Waals surface area contributed by atoms with Gasteiger partial charge in [0.1, 0.15) is 0 Å². The fourth-order valence-corrected chi connectivity index (χ4v) is 5.11. The van der Waals surface area contributed by atoms with Crippen molar-refractivity contribution in [2.24, 2.45) is 0 Å². The van der Waals surface area contributed by atoms with Gasteiger partial charge in [-0.1, -0.05) is 24.3 Å². The van der Waals surface area contributed by atoms with E-state index in [0.717, 1.165) is 25.8 Å². The number of carbonyl (C=O) groups is 1. The first-order valence-corrected chi connectivity index (χ1v) is 7.66. The molecule has 2 saturated heterocycles. The Morgan fingerprint density at radius 1 is 1.25 bits per heavy atom. The molecule has 0 bridgehead atoms. The number of rotatable bonds is 0. The lowest BCUT2D eigenvalue weighted by Gasteiger charge is -2.46. The van der Waals surface area contributed by atoms with Gasteiger partial charge in [0.25, 0.3) is 0 Å². The Bertz CT molecular complexity index is 650. The van der Waals surface area contributed by atoms with E-state index in [2.05, 4.69) is 40.6 Å². The number of para-hydroxylation sites is 1. The summed E-state index contributed by atoms with van der Waals surface area (Å²) in [6, 6.07) is 9.37. The molecule has 4 aliphatic rings. The molecule has 0 saturated carbocycles. The van der Waals surface area contributed by atoms with Crippen molar-refractivity contribution >= 4 is 11.6 Å². The van der Waals surface area contributed by atoms with Crippen LogP contribution >= 0.6 is 0 Å². The third kappa shape index (κ3) is 1.06. The van der Waals surface area contributed by atoms with Crippen molar-refractivity contribution in [1.82, 2.24) is 5.32 Å². The maximum Gasteiger partial charge on any atom is 0.227 e. The molecule has 1 spiro atoms. The lowest BCUT2D eigenvalue weighted by atomic mass is 9.63. The number of piperidine rings is 1. The fraction of sp³-hybridized carbons (Fsp3) is 0.471. The second kappa shape index (κ2) is 3.53. The van der Waals surface area contributed by atoms with E-state index in [1.807, 2.05) is 0 Å². The normalized spacial score (nSPS) is 37.3. The highest BCUT2D eigenvalue weighted by atomic mass is 16.2. The predicted molar refractivity (Wildman–Crippen MR) is 77.7 cm³/mol. The lowest BCUT2D eigenvalue weighted by Crippen LogP contribution is -2.57. The summed E-state index contributed by atoms with van der Waals surface area (Å²) in [5.41, 5.74) is 4.21. The summed E-state index contributed by atoms with van der Waals surface area (Å²) in [5, 5.41) is 3.68. The SMILES string of the molecule is O=C1CCC2=CC[C@@H]3NCC[C@@]34c3ccccc3N1[C@@H]24. The van der Waals surface area contributed by atoms with Crippen LogP contribution in [0.3, 0.4) is 0 Å². The molecule has 3 nitrogen and oxygen atoms in total. The molecule has 1 aliphatic carbocycles. The summed E-state index contributed by atoms with van der Waals surface area (Å²) in [6.45, 7) is 1.07. The lowest BCUT2D eigenvalue weighted by molar-refractivity contribution is -0.119. The molecular weight excluding hydrogens is 248 g/mol. The summed E-state index contributed by atoms with van der Waals surface area (Å²) in [7, 11) is 0. The first-order valence-electron chi connectivity index (χ1n) is 7.66. The van der Waals surface area contributed by atoms with Gasteiger partial charge in [0.05, 0.1) is 6.04 Å². The highest BCUT2D eigenvalue weighted by Gasteiger charge is 2.61. The number of benzene rings is 1. The average molecular weight is 266 g/mol. The number of anilines is 1. The Morgan fingerprint density at radius 2 is 2.15 bits per heavy atom. The van der Waals surface area contributed by atoms with Crippen molar-refractivity contribution in [3.8, 4) is 0 Å². The van der Waals surface area contributed by atoms with Crippen LogP contribution in [0, 0.1) is 0 Å². The predicted octanol–water partition coefficient (Wildman–Crippen LogP) is 2.13. The molecule has 3 heteroatoms.